The van der Waals surface area contributed by atoms with E-state index in [1.54, 1.807) is 22.2 Å². The molecule has 4 aromatic rings. The number of rotatable bonds is 5. The Bertz CT molecular complexity index is 1060. The van der Waals surface area contributed by atoms with Gasteiger partial charge in [-0.15, -0.1) is 11.3 Å². The van der Waals surface area contributed by atoms with E-state index < -0.39 is 0 Å². The van der Waals surface area contributed by atoms with Gasteiger partial charge in [-0.2, -0.15) is 5.10 Å². The smallest absolute Gasteiger partial charge is 0.255 e. The molecule has 27 heavy (non-hydrogen) atoms. The van der Waals surface area contributed by atoms with Gasteiger partial charge in [-0.1, -0.05) is 48.0 Å². The van der Waals surface area contributed by atoms with Gasteiger partial charge in [0.1, 0.15) is 5.69 Å². The second-order valence-corrected chi connectivity index (χ2v) is 7.35. The van der Waals surface area contributed by atoms with Crippen LogP contribution in [0.4, 0.5) is 0 Å². The molecule has 0 unspecified atom stereocenters. The molecule has 0 saturated carbocycles. The maximum absolute atomic E-state index is 12.9. The Balaban J connectivity index is 1.64. The van der Waals surface area contributed by atoms with E-state index in [1.807, 2.05) is 72.1 Å². The van der Waals surface area contributed by atoms with Gasteiger partial charge in [0, 0.05) is 17.8 Å². The third-order valence-corrected chi connectivity index (χ3v) is 5.19. The Kier molecular flexibility index (Phi) is 5.05. The van der Waals surface area contributed by atoms with Gasteiger partial charge in [0.2, 0.25) is 0 Å². The molecule has 1 amide bonds. The topological polar surface area (TPSA) is 46.9 Å². The first-order chi connectivity index (χ1) is 13.2. The average molecular weight is 394 g/mol. The van der Waals surface area contributed by atoms with Gasteiger partial charge in [-0.3, -0.25) is 4.79 Å². The predicted molar refractivity (Wildman–Crippen MR) is 109 cm³/mol. The van der Waals surface area contributed by atoms with Crippen LogP contribution < -0.4 is 5.32 Å². The summed E-state index contributed by atoms with van der Waals surface area (Å²) in [4.78, 5) is 13.8. The number of carbonyl (C=O) groups excluding carboxylic acids is 1. The van der Waals surface area contributed by atoms with Crippen molar-refractivity contribution in [3.05, 3.63) is 94.5 Å². The first kappa shape index (κ1) is 17.5. The van der Waals surface area contributed by atoms with Crippen molar-refractivity contribution in [1.82, 2.24) is 15.1 Å². The van der Waals surface area contributed by atoms with Crippen LogP contribution in [0.1, 0.15) is 15.9 Å². The maximum Gasteiger partial charge on any atom is 0.255 e. The standard InChI is InChI=1S/C21H16ClN3OS/c22-16-7-4-6-15(12-16)13-23-21(26)18-14-25(17-8-2-1-3-9-17)24-20(18)19-10-5-11-27-19/h1-12,14H,13H2,(H,23,26). The lowest BCUT2D eigenvalue weighted by Gasteiger charge is -2.05. The van der Waals surface area contributed by atoms with Crippen LogP contribution in [0.2, 0.25) is 5.02 Å². The normalized spacial score (nSPS) is 10.7. The highest BCUT2D eigenvalue weighted by Gasteiger charge is 2.19. The zero-order chi connectivity index (χ0) is 18.6. The van der Waals surface area contributed by atoms with E-state index in [0.717, 1.165) is 16.1 Å². The minimum Gasteiger partial charge on any atom is -0.348 e. The van der Waals surface area contributed by atoms with Crippen LogP contribution in [0.25, 0.3) is 16.3 Å². The van der Waals surface area contributed by atoms with E-state index in [0.29, 0.717) is 22.8 Å². The molecule has 0 bridgehead atoms. The van der Waals surface area contributed by atoms with Crippen molar-refractivity contribution < 1.29 is 4.79 Å². The van der Waals surface area contributed by atoms with Crippen LogP contribution in [-0.2, 0) is 6.54 Å². The number of halogens is 1. The molecule has 0 aliphatic heterocycles. The number of carbonyl (C=O) groups is 1. The number of hydrogen-bond donors (Lipinski definition) is 1. The van der Waals surface area contributed by atoms with Crippen LogP contribution in [0.5, 0.6) is 0 Å². The van der Waals surface area contributed by atoms with E-state index in [2.05, 4.69) is 10.4 Å². The highest BCUT2D eigenvalue weighted by Crippen LogP contribution is 2.27. The number of nitrogens with zero attached hydrogens (tertiary/aromatic N) is 2. The van der Waals surface area contributed by atoms with Crippen molar-refractivity contribution in [2.24, 2.45) is 0 Å². The molecule has 1 N–H and O–H groups in total. The zero-order valence-corrected chi connectivity index (χ0v) is 15.9. The molecule has 2 aromatic heterocycles. The van der Waals surface area contributed by atoms with Gasteiger partial charge in [-0.25, -0.2) is 4.68 Å². The van der Waals surface area contributed by atoms with Crippen molar-refractivity contribution in [3.63, 3.8) is 0 Å². The van der Waals surface area contributed by atoms with Gasteiger partial charge >= 0.3 is 0 Å². The molecule has 0 saturated heterocycles. The Morgan fingerprint density at radius 1 is 1.07 bits per heavy atom. The minimum absolute atomic E-state index is 0.166. The summed E-state index contributed by atoms with van der Waals surface area (Å²) in [7, 11) is 0. The predicted octanol–water partition coefficient (Wildman–Crippen LogP) is 5.18. The van der Waals surface area contributed by atoms with Crippen molar-refractivity contribution in [2.45, 2.75) is 6.54 Å². The summed E-state index contributed by atoms with van der Waals surface area (Å²) >= 11 is 7.58. The van der Waals surface area contributed by atoms with Crippen molar-refractivity contribution >= 4 is 28.8 Å². The number of benzene rings is 2. The van der Waals surface area contributed by atoms with Crippen LogP contribution in [0.15, 0.2) is 78.3 Å². The van der Waals surface area contributed by atoms with Crippen molar-refractivity contribution in [2.75, 3.05) is 0 Å². The molecular weight excluding hydrogens is 378 g/mol. The maximum atomic E-state index is 12.9. The Morgan fingerprint density at radius 2 is 1.93 bits per heavy atom. The van der Waals surface area contributed by atoms with Gasteiger partial charge in [0.05, 0.1) is 16.1 Å². The molecule has 6 heteroatoms. The van der Waals surface area contributed by atoms with E-state index in [9.17, 15) is 4.79 Å². The van der Waals surface area contributed by atoms with Crippen molar-refractivity contribution in [3.8, 4) is 16.3 Å². The number of amides is 1. The first-order valence-corrected chi connectivity index (χ1v) is 9.68. The zero-order valence-electron chi connectivity index (χ0n) is 14.3. The number of thiophene rings is 1. The fraction of sp³-hybridized carbons (Fsp3) is 0.0476. The molecule has 4 rings (SSSR count). The highest BCUT2D eigenvalue weighted by atomic mass is 35.5. The quantitative estimate of drug-likeness (QED) is 0.507. The third kappa shape index (κ3) is 3.94. The molecule has 0 radical (unpaired) electrons. The van der Waals surface area contributed by atoms with Crippen LogP contribution in [-0.4, -0.2) is 15.7 Å². The molecule has 4 nitrogen and oxygen atoms in total. The SMILES string of the molecule is O=C(NCc1cccc(Cl)c1)c1cn(-c2ccccc2)nc1-c1cccs1. The van der Waals surface area contributed by atoms with Gasteiger partial charge < -0.3 is 5.32 Å². The Labute approximate surface area is 166 Å². The third-order valence-electron chi connectivity index (χ3n) is 4.08. The number of para-hydroxylation sites is 1. The van der Waals surface area contributed by atoms with Crippen LogP contribution >= 0.6 is 22.9 Å². The van der Waals surface area contributed by atoms with E-state index in [1.165, 1.54) is 0 Å². The molecule has 0 fully saturated rings. The van der Waals surface area contributed by atoms with Crippen LogP contribution in [0, 0.1) is 0 Å². The Morgan fingerprint density at radius 3 is 2.67 bits per heavy atom. The molecule has 2 heterocycles. The Hall–Kier alpha value is -2.89. The first-order valence-electron chi connectivity index (χ1n) is 8.42. The van der Waals surface area contributed by atoms with E-state index in [4.69, 9.17) is 11.6 Å². The lowest BCUT2D eigenvalue weighted by atomic mass is 10.2. The fourth-order valence-electron chi connectivity index (χ4n) is 2.77. The van der Waals surface area contributed by atoms with E-state index in [-0.39, 0.29) is 5.91 Å². The fourth-order valence-corrected chi connectivity index (χ4v) is 3.71. The summed E-state index contributed by atoms with van der Waals surface area (Å²) < 4.78 is 1.74. The van der Waals surface area contributed by atoms with E-state index >= 15 is 0 Å². The summed E-state index contributed by atoms with van der Waals surface area (Å²) in [6.45, 7) is 0.403. The molecule has 0 atom stereocenters. The summed E-state index contributed by atoms with van der Waals surface area (Å²) in [5.74, 6) is -0.166. The minimum atomic E-state index is -0.166. The lowest BCUT2D eigenvalue weighted by Crippen LogP contribution is -2.22. The molecule has 134 valence electrons. The largest absolute Gasteiger partial charge is 0.348 e. The summed E-state index contributed by atoms with van der Waals surface area (Å²) in [6, 6.07) is 21.1. The molecular formula is C21H16ClN3OS. The number of aromatic nitrogens is 2. The number of hydrogen-bond acceptors (Lipinski definition) is 3. The van der Waals surface area contributed by atoms with Crippen LogP contribution in [0.3, 0.4) is 0 Å². The lowest BCUT2D eigenvalue weighted by molar-refractivity contribution is 0.0951. The second kappa shape index (κ2) is 7.78. The van der Waals surface area contributed by atoms with Gasteiger partial charge in [0.15, 0.2) is 0 Å². The summed E-state index contributed by atoms with van der Waals surface area (Å²) in [5, 5.41) is 10.2. The molecule has 2 aromatic carbocycles. The highest BCUT2D eigenvalue weighted by molar-refractivity contribution is 7.13. The summed E-state index contributed by atoms with van der Waals surface area (Å²) in [6.07, 6.45) is 1.78. The molecule has 0 aliphatic carbocycles. The monoisotopic (exact) mass is 393 g/mol. The number of nitrogens with one attached hydrogen (secondary N) is 1. The molecule has 0 spiro atoms. The second-order valence-electron chi connectivity index (χ2n) is 5.96. The average Bonchev–Trinajstić information content (AvgIpc) is 3.36. The van der Waals surface area contributed by atoms with Crippen molar-refractivity contribution in [1.29, 1.82) is 0 Å². The van der Waals surface area contributed by atoms with Gasteiger partial charge in [0.25, 0.3) is 5.91 Å². The molecule has 0 aliphatic rings. The van der Waals surface area contributed by atoms with Gasteiger partial charge in [-0.05, 0) is 41.3 Å². The summed E-state index contributed by atoms with van der Waals surface area (Å²) in [5.41, 5.74) is 3.08.